The molecule has 0 spiro atoms. The molecule has 2 aromatic carbocycles. The van der Waals surface area contributed by atoms with Gasteiger partial charge in [-0.15, -0.1) is 0 Å². The molecule has 0 radical (unpaired) electrons. The van der Waals surface area contributed by atoms with Crippen LogP contribution in [0.3, 0.4) is 0 Å². The SMILES string of the molecule is NC(=O)c1ccn2ncc(C3CC3)c2c1C#CCC(c1cc(F)ccc1F)N1Cc2c(F)cccc2C1=O. The van der Waals surface area contributed by atoms with Crippen LogP contribution in [-0.2, 0) is 6.54 Å². The maximum Gasteiger partial charge on any atom is 0.255 e. The van der Waals surface area contributed by atoms with Gasteiger partial charge in [-0.05, 0) is 55.2 Å². The Morgan fingerprint density at radius 3 is 2.68 bits per heavy atom. The van der Waals surface area contributed by atoms with E-state index in [-0.39, 0.29) is 35.2 Å². The number of fused-ring (bicyclic) bond motifs is 2. The summed E-state index contributed by atoms with van der Waals surface area (Å²) in [6.07, 6.45) is 5.30. The number of nitrogens with two attached hydrogens (primary N) is 1. The highest BCUT2D eigenvalue weighted by Crippen LogP contribution is 2.43. The smallest absolute Gasteiger partial charge is 0.255 e. The van der Waals surface area contributed by atoms with Crippen molar-refractivity contribution in [3.05, 3.63) is 106 Å². The summed E-state index contributed by atoms with van der Waals surface area (Å²) in [4.78, 5) is 26.8. The zero-order valence-electron chi connectivity index (χ0n) is 20.0. The van der Waals surface area contributed by atoms with Gasteiger partial charge in [0.25, 0.3) is 5.91 Å². The summed E-state index contributed by atoms with van der Waals surface area (Å²) in [6, 6.07) is 7.71. The number of carbonyl (C=O) groups excluding carboxylic acids is 2. The van der Waals surface area contributed by atoms with Crippen LogP contribution in [0.25, 0.3) is 5.52 Å². The van der Waals surface area contributed by atoms with E-state index >= 15 is 0 Å². The first-order valence-corrected chi connectivity index (χ1v) is 12.2. The molecule has 1 aliphatic carbocycles. The molecule has 4 aromatic rings. The number of amides is 2. The quantitative estimate of drug-likeness (QED) is 0.386. The first-order valence-electron chi connectivity index (χ1n) is 12.2. The van der Waals surface area contributed by atoms with Crippen molar-refractivity contribution in [3.63, 3.8) is 0 Å². The highest BCUT2D eigenvalue weighted by molar-refractivity contribution is 5.99. The van der Waals surface area contributed by atoms with E-state index in [1.165, 1.54) is 29.2 Å². The third kappa shape index (κ3) is 3.98. The Hall–Kier alpha value is -4.58. The molecule has 6 rings (SSSR count). The minimum atomic E-state index is -1.01. The van der Waals surface area contributed by atoms with Crippen molar-refractivity contribution < 1.29 is 22.8 Å². The number of pyridine rings is 1. The van der Waals surface area contributed by atoms with Gasteiger partial charge < -0.3 is 10.6 Å². The minimum absolute atomic E-state index is 0.0720. The van der Waals surface area contributed by atoms with Crippen molar-refractivity contribution in [1.29, 1.82) is 0 Å². The number of rotatable bonds is 5. The van der Waals surface area contributed by atoms with Crippen LogP contribution in [0.5, 0.6) is 0 Å². The molecule has 38 heavy (non-hydrogen) atoms. The lowest BCUT2D eigenvalue weighted by molar-refractivity contribution is 0.0700. The van der Waals surface area contributed by atoms with Gasteiger partial charge in [-0.2, -0.15) is 5.10 Å². The van der Waals surface area contributed by atoms with E-state index in [1.54, 1.807) is 16.9 Å². The van der Waals surface area contributed by atoms with Crippen molar-refractivity contribution >= 4 is 17.3 Å². The molecular formula is C29H21F3N4O2. The van der Waals surface area contributed by atoms with E-state index in [0.29, 0.717) is 17.0 Å². The zero-order chi connectivity index (χ0) is 26.6. The summed E-state index contributed by atoms with van der Waals surface area (Å²) in [5.74, 6) is 3.21. The number of hydrogen-bond donors (Lipinski definition) is 1. The van der Waals surface area contributed by atoms with Gasteiger partial charge in [0.2, 0.25) is 5.91 Å². The Kier molecular flexibility index (Phi) is 5.68. The molecule has 6 nitrogen and oxygen atoms in total. The summed E-state index contributed by atoms with van der Waals surface area (Å²) in [5.41, 5.74) is 8.18. The number of benzene rings is 2. The van der Waals surface area contributed by atoms with Crippen LogP contribution >= 0.6 is 0 Å². The Labute approximate surface area is 215 Å². The molecule has 190 valence electrons. The molecule has 2 amide bonds. The van der Waals surface area contributed by atoms with Crippen LogP contribution < -0.4 is 5.73 Å². The van der Waals surface area contributed by atoms with Crippen molar-refractivity contribution in [2.45, 2.75) is 37.8 Å². The average Bonchev–Trinajstić information content (AvgIpc) is 3.56. The van der Waals surface area contributed by atoms with Gasteiger partial charge in [-0.25, -0.2) is 17.7 Å². The summed E-state index contributed by atoms with van der Waals surface area (Å²) >= 11 is 0. The molecule has 1 unspecified atom stereocenters. The molecule has 0 bridgehead atoms. The second kappa shape index (κ2) is 9.06. The van der Waals surface area contributed by atoms with Gasteiger partial charge in [0.05, 0.1) is 35.4 Å². The highest BCUT2D eigenvalue weighted by Gasteiger charge is 2.36. The topological polar surface area (TPSA) is 80.7 Å². The predicted molar refractivity (Wildman–Crippen MR) is 133 cm³/mol. The highest BCUT2D eigenvalue weighted by atomic mass is 19.1. The fourth-order valence-electron chi connectivity index (χ4n) is 5.09. The monoisotopic (exact) mass is 514 g/mol. The molecule has 3 heterocycles. The largest absolute Gasteiger partial charge is 0.366 e. The molecule has 2 N–H and O–H groups in total. The normalized spacial score (nSPS) is 15.3. The Bertz CT molecular complexity index is 1700. The van der Waals surface area contributed by atoms with E-state index < -0.39 is 35.3 Å². The molecule has 0 saturated heterocycles. The van der Waals surface area contributed by atoms with Crippen molar-refractivity contribution in [1.82, 2.24) is 14.5 Å². The number of carbonyl (C=O) groups is 2. The van der Waals surface area contributed by atoms with Crippen LogP contribution in [0, 0.1) is 29.3 Å². The lowest BCUT2D eigenvalue weighted by Crippen LogP contribution is -2.29. The first-order chi connectivity index (χ1) is 18.3. The molecule has 9 heteroatoms. The van der Waals surface area contributed by atoms with Crippen molar-refractivity contribution in [3.8, 4) is 11.8 Å². The molecule has 2 aliphatic rings. The second-order valence-electron chi connectivity index (χ2n) is 9.52. The number of primary amides is 1. The van der Waals surface area contributed by atoms with Crippen LogP contribution in [0.2, 0.25) is 0 Å². The third-order valence-electron chi connectivity index (χ3n) is 7.14. The maximum absolute atomic E-state index is 14.9. The van der Waals surface area contributed by atoms with Gasteiger partial charge in [-0.1, -0.05) is 17.9 Å². The maximum atomic E-state index is 14.9. The van der Waals surface area contributed by atoms with Gasteiger partial charge in [-0.3, -0.25) is 9.59 Å². The Balaban J connectivity index is 1.44. The molecule has 1 atom stereocenters. The summed E-state index contributed by atoms with van der Waals surface area (Å²) < 4.78 is 45.2. The third-order valence-corrected chi connectivity index (χ3v) is 7.14. The van der Waals surface area contributed by atoms with Gasteiger partial charge in [0.1, 0.15) is 17.5 Å². The van der Waals surface area contributed by atoms with E-state index in [9.17, 15) is 22.8 Å². The average molecular weight is 515 g/mol. The standard InChI is InChI=1S/C29H21F3N4O2/c30-17-9-10-25(32)21(13-17)26(35-15-23-20(29(35)38)4-1-5-24(23)31)6-2-3-18-19(28(33)37)11-12-36-27(18)22(14-34-36)16-7-8-16/h1,4-5,9-14,16,26H,6-8,15H2,(H2,33,37). The van der Waals surface area contributed by atoms with Gasteiger partial charge in [0, 0.05) is 34.9 Å². The van der Waals surface area contributed by atoms with E-state index in [0.717, 1.165) is 36.6 Å². The molecule has 1 fully saturated rings. The molecular weight excluding hydrogens is 493 g/mol. The molecule has 2 aromatic heterocycles. The number of nitrogens with zero attached hydrogens (tertiary/aromatic N) is 3. The zero-order valence-corrected chi connectivity index (χ0v) is 20.0. The second-order valence-corrected chi connectivity index (χ2v) is 9.52. The predicted octanol–water partition coefficient (Wildman–Crippen LogP) is 4.87. The number of hydrogen-bond acceptors (Lipinski definition) is 3. The summed E-state index contributed by atoms with van der Waals surface area (Å²) in [6.45, 7) is -0.111. The number of halogens is 3. The number of aromatic nitrogens is 2. The fraction of sp³-hybridized carbons (Fsp3) is 0.207. The van der Waals surface area contributed by atoms with E-state index in [2.05, 4.69) is 16.9 Å². The molecule has 1 aliphatic heterocycles. The molecule has 1 saturated carbocycles. The van der Waals surface area contributed by atoms with Gasteiger partial charge >= 0.3 is 0 Å². The lowest BCUT2D eigenvalue weighted by Gasteiger charge is -2.27. The summed E-state index contributed by atoms with van der Waals surface area (Å²) in [7, 11) is 0. The Morgan fingerprint density at radius 1 is 1.13 bits per heavy atom. The lowest BCUT2D eigenvalue weighted by atomic mass is 10.00. The van der Waals surface area contributed by atoms with Gasteiger partial charge in [0.15, 0.2) is 0 Å². The minimum Gasteiger partial charge on any atom is -0.366 e. The van der Waals surface area contributed by atoms with Crippen molar-refractivity contribution in [2.75, 3.05) is 0 Å². The van der Waals surface area contributed by atoms with E-state index in [1.807, 2.05) is 0 Å². The van der Waals surface area contributed by atoms with Crippen molar-refractivity contribution in [2.24, 2.45) is 5.73 Å². The van der Waals surface area contributed by atoms with Crippen LogP contribution in [0.4, 0.5) is 13.2 Å². The fourth-order valence-corrected chi connectivity index (χ4v) is 5.09. The van der Waals surface area contributed by atoms with Crippen LogP contribution in [0.15, 0.2) is 54.9 Å². The first kappa shape index (κ1) is 23.8. The summed E-state index contributed by atoms with van der Waals surface area (Å²) in [5, 5.41) is 4.37. The van der Waals surface area contributed by atoms with E-state index in [4.69, 9.17) is 5.73 Å². The van der Waals surface area contributed by atoms with Crippen LogP contribution in [-0.4, -0.2) is 26.3 Å². The Morgan fingerprint density at radius 2 is 1.95 bits per heavy atom. The van der Waals surface area contributed by atoms with Crippen LogP contribution in [0.1, 0.15) is 74.2 Å².